The van der Waals surface area contributed by atoms with Gasteiger partial charge in [0.15, 0.2) is 11.5 Å². The van der Waals surface area contributed by atoms with Gasteiger partial charge in [-0.05, 0) is 43.3 Å². The van der Waals surface area contributed by atoms with Crippen LogP contribution in [-0.2, 0) is 4.79 Å². The predicted molar refractivity (Wildman–Crippen MR) is 110 cm³/mol. The van der Waals surface area contributed by atoms with Crippen LogP contribution in [0.2, 0.25) is 0 Å². The molecule has 4 rings (SSSR count). The zero-order chi connectivity index (χ0) is 20.9. The average molecular weight is 407 g/mol. The number of hydrogen-bond donors (Lipinski definition) is 1. The number of nitrogens with zero attached hydrogens (tertiary/aromatic N) is 2. The van der Waals surface area contributed by atoms with E-state index in [0.29, 0.717) is 30.3 Å². The lowest BCUT2D eigenvalue weighted by Crippen LogP contribution is -2.38. The smallest absolute Gasteiger partial charge is 0.267 e. The highest BCUT2D eigenvalue weighted by atomic mass is 16.7. The minimum absolute atomic E-state index is 0.177. The van der Waals surface area contributed by atoms with Gasteiger partial charge in [-0.25, -0.2) is 4.68 Å². The highest BCUT2D eigenvalue weighted by Gasteiger charge is 2.19. The van der Waals surface area contributed by atoms with Crippen LogP contribution in [0.15, 0.2) is 65.5 Å². The maximum atomic E-state index is 12.5. The van der Waals surface area contributed by atoms with E-state index in [1.807, 2.05) is 36.4 Å². The molecule has 1 N–H and O–H groups in total. The van der Waals surface area contributed by atoms with Crippen LogP contribution in [0.4, 0.5) is 0 Å². The molecule has 1 aliphatic heterocycles. The number of carbonyl (C=O) groups is 1. The topological polar surface area (TPSA) is 91.7 Å². The van der Waals surface area contributed by atoms with Crippen molar-refractivity contribution in [3.05, 3.63) is 71.0 Å². The van der Waals surface area contributed by atoms with E-state index in [4.69, 9.17) is 14.2 Å². The molecule has 0 saturated carbocycles. The van der Waals surface area contributed by atoms with E-state index >= 15 is 0 Å². The number of carbonyl (C=O) groups excluding carboxylic acids is 1. The normalized spacial score (nSPS) is 13.0. The maximum absolute atomic E-state index is 12.5. The third-order valence-electron chi connectivity index (χ3n) is 4.65. The molecule has 0 radical (unpaired) electrons. The molecule has 2 aromatic carbocycles. The predicted octanol–water partition coefficient (Wildman–Crippen LogP) is 2.40. The van der Waals surface area contributed by atoms with Crippen LogP contribution in [0.3, 0.4) is 0 Å². The second-order valence-corrected chi connectivity index (χ2v) is 6.70. The van der Waals surface area contributed by atoms with Crippen molar-refractivity contribution < 1.29 is 19.0 Å². The minimum atomic E-state index is -0.775. The van der Waals surface area contributed by atoms with E-state index < -0.39 is 6.04 Å². The molecule has 1 amide bonds. The Labute approximate surface area is 173 Å². The lowest BCUT2D eigenvalue weighted by Gasteiger charge is -2.15. The molecule has 0 spiro atoms. The van der Waals surface area contributed by atoms with Crippen molar-refractivity contribution in [3.63, 3.8) is 0 Å². The first-order valence-corrected chi connectivity index (χ1v) is 9.57. The molecular formula is C22H21N3O5. The Kier molecular flexibility index (Phi) is 5.65. The van der Waals surface area contributed by atoms with Crippen molar-refractivity contribution >= 4 is 5.91 Å². The molecule has 0 aliphatic carbocycles. The number of nitrogens with one attached hydrogen (secondary N) is 1. The minimum Gasteiger partial charge on any atom is -0.492 e. The van der Waals surface area contributed by atoms with Gasteiger partial charge in [0.2, 0.25) is 12.7 Å². The van der Waals surface area contributed by atoms with Gasteiger partial charge in [-0.1, -0.05) is 18.2 Å². The quantitative estimate of drug-likeness (QED) is 0.605. The fraction of sp³-hybridized carbons (Fsp3) is 0.227. The number of fused-ring (bicyclic) bond motifs is 1. The Hall–Kier alpha value is -3.81. The summed E-state index contributed by atoms with van der Waals surface area (Å²) >= 11 is 0. The van der Waals surface area contributed by atoms with Gasteiger partial charge in [-0.2, -0.15) is 5.10 Å². The van der Waals surface area contributed by atoms with E-state index in [1.54, 1.807) is 25.1 Å². The number of aromatic nitrogens is 2. The average Bonchev–Trinajstić information content (AvgIpc) is 3.25. The molecule has 1 atom stereocenters. The molecule has 1 unspecified atom stereocenters. The first-order valence-electron chi connectivity index (χ1n) is 9.57. The van der Waals surface area contributed by atoms with Crippen molar-refractivity contribution in [2.75, 3.05) is 19.9 Å². The van der Waals surface area contributed by atoms with Crippen LogP contribution in [0, 0.1) is 0 Å². The summed E-state index contributed by atoms with van der Waals surface area (Å²) in [6, 6.07) is 17.0. The largest absolute Gasteiger partial charge is 0.492 e. The van der Waals surface area contributed by atoms with Gasteiger partial charge in [0.1, 0.15) is 18.4 Å². The van der Waals surface area contributed by atoms with Crippen molar-refractivity contribution in [1.29, 1.82) is 0 Å². The zero-order valence-corrected chi connectivity index (χ0v) is 16.4. The van der Waals surface area contributed by atoms with Gasteiger partial charge in [0, 0.05) is 11.6 Å². The Bertz CT molecular complexity index is 1100. The van der Waals surface area contributed by atoms with Crippen LogP contribution in [0.25, 0.3) is 11.3 Å². The van der Waals surface area contributed by atoms with Crippen LogP contribution in [-0.4, -0.2) is 35.6 Å². The molecule has 1 aliphatic rings. The first kappa shape index (κ1) is 19.5. The Morgan fingerprint density at radius 1 is 1.13 bits per heavy atom. The van der Waals surface area contributed by atoms with Gasteiger partial charge in [-0.15, -0.1) is 0 Å². The summed E-state index contributed by atoms with van der Waals surface area (Å²) < 4.78 is 17.4. The molecule has 30 heavy (non-hydrogen) atoms. The molecule has 0 saturated heterocycles. The zero-order valence-electron chi connectivity index (χ0n) is 16.4. The van der Waals surface area contributed by atoms with E-state index in [9.17, 15) is 9.59 Å². The SMILES string of the molecule is CC(C(=O)NCCOc1ccccc1)n1nc(-c2ccc3c(c2)OCO3)ccc1=O. The monoisotopic (exact) mass is 407 g/mol. The molecule has 3 aromatic rings. The fourth-order valence-corrected chi connectivity index (χ4v) is 3.03. The van der Waals surface area contributed by atoms with E-state index in [0.717, 1.165) is 11.3 Å². The van der Waals surface area contributed by atoms with E-state index in [2.05, 4.69) is 10.4 Å². The number of benzene rings is 2. The summed E-state index contributed by atoms with van der Waals surface area (Å²) in [4.78, 5) is 24.8. The first-order chi connectivity index (χ1) is 14.6. The summed E-state index contributed by atoms with van der Waals surface area (Å²) in [6.07, 6.45) is 0. The van der Waals surface area contributed by atoms with Gasteiger partial charge < -0.3 is 19.5 Å². The van der Waals surface area contributed by atoms with Crippen molar-refractivity contribution in [2.24, 2.45) is 0 Å². The Morgan fingerprint density at radius 3 is 2.77 bits per heavy atom. The van der Waals surface area contributed by atoms with E-state index in [1.165, 1.54) is 10.7 Å². The molecule has 0 fully saturated rings. The van der Waals surface area contributed by atoms with Gasteiger partial charge in [-0.3, -0.25) is 9.59 Å². The van der Waals surface area contributed by atoms with E-state index in [-0.39, 0.29) is 18.3 Å². The van der Waals surface area contributed by atoms with Crippen molar-refractivity contribution in [2.45, 2.75) is 13.0 Å². The summed E-state index contributed by atoms with van der Waals surface area (Å²) in [5.41, 5.74) is 0.958. The second kappa shape index (κ2) is 8.69. The lowest BCUT2D eigenvalue weighted by molar-refractivity contribution is -0.124. The number of ether oxygens (including phenoxy) is 3. The van der Waals surface area contributed by atoms with Gasteiger partial charge in [0.05, 0.1) is 12.2 Å². The summed E-state index contributed by atoms with van der Waals surface area (Å²) in [7, 11) is 0. The third kappa shape index (κ3) is 4.27. The van der Waals surface area contributed by atoms with Crippen molar-refractivity contribution in [3.8, 4) is 28.5 Å². The van der Waals surface area contributed by atoms with Crippen LogP contribution < -0.4 is 25.1 Å². The number of amides is 1. The molecule has 154 valence electrons. The number of para-hydroxylation sites is 1. The Morgan fingerprint density at radius 2 is 1.93 bits per heavy atom. The highest BCUT2D eigenvalue weighted by molar-refractivity contribution is 5.79. The Balaban J connectivity index is 1.41. The van der Waals surface area contributed by atoms with Gasteiger partial charge >= 0.3 is 0 Å². The van der Waals surface area contributed by atoms with Crippen molar-refractivity contribution in [1.82, 2.24) is 15.1 Å². The standard InChI is InChI=1S/C22H21N3O5/c1-15(22(27)23-11-12-28-17-5-3-2-4-6-17)25-21(26)10-8-18(24-25)16-7-9-19-20(13-16)30-14-29-19/h2-10,13,15H,11-12,14H2,1H3,(H,23,27). The molecule has 2 heterocycles. The second-order valence-electron chi connectivity index (χ2n) is 6.70. The molecule has 8 heteroatoms. The molecule has 1 aromatic heterocycles. The summed E-state index contributed by atoms with van der Waals surface area (Å²) in [5.74, 6) is 1.70. The summed E-state index contributed by atoms with van der Waals surface area (Å²) in [5, 5.41) is 7.15. The van der Waals surface area contributed by atoms with Crippen LogP contribution in [0.5, 0.6) is 17.2 Å². The fourth-order valence-electron chi connectivity index (χ4n) is 3.03. The third-order valence-corrected chi connectivity index (χ3v) is 4.65. The highest BCUT2D eigenvalue weighted by Crippen LogP contribution is 2.35. The van der Waals surface area contributed by atoms with Gasteiger partial charge in [0.25, 0.3) is 5.56 Å². The molecular weight excluding hydrogens is 386 g/mol. The molecule has 0 bridgehead atoms. The lowest BCUT2D eigenvalue weighted by atomic mass is 10.1. The summed E-state index contributed by atoms with van der Waals surface area (Å²) in [6.45, 7) is 2.44. The molecule has 8 nitrogen and oxygen atoms in total. The number of hydrogen-bond acceptors (Lipinski definition) is 6. The van der Waals surface area contributed by atoms with Crippen LogP contribution in [0.1, 0.15) is 13.0 Å². The number of rotatable bonds is 7. The van der Waals surface area contributed by atoms with Crippen LogP contribution >= 0.6 is 0 Å². The maximum Gasteiger partial charge on any atom is 0.267 e.